The Morgan fingerprint density at radius 2 is 2.00 bits per heavy atom. The van der Waals surface area contributed by atoms with Crippen LogP contribution in [0.1, 0.15) is 5.56 Å². The van der Waals surface area contributed by atoms with Gasteiger partial charge in [-0.1, -0.05) is 30.4 Å². The van der Waals surface area contributed by atoms with E-state index in [-0.39, 0.29) is 0 Å². The van der Waals surface area contributed by atoms with Gasteiger partial charge >= 0.3 is 0 Å². The smallest absolute Gasteiger partial charge is 0.156 e. The molecule has 1 aromatic carbocycles. The molecule has 0 aliphatic heterocycles. The molecule has 0 amide bonds. The molecule has 4 heteroatoms. The number of nitrogens with zero attached hydrogens (tertiary/aromatic N) is 2. The fourth-order valence-corrected chi connectivity index (χ4v) is 2.60. The molecular formula is C12H14N2S2. The number of para-hydroxylation sites is 1. The van der Waals surface area contributed by atoms with Crippen LogP contribution >= 0.6 is 24.2 Å². The SMILES string of the molecule is Cc1cn(SC(=S)N(C)C)c2ccccc12. The Bertz CT molecular complexity index is 529. The van der Waals surface area contributed by atoms with Crippen molar-refractivity contribution in [3.63, 3.8) is 0 Å². The normalized spacial score (nSPS) is 10.7. The molecule has 1 heterocycles. The zero-order valence-electron chi connectivity index (χ0n) is 9.60. The highest BCUT2D eigenvalue weighted by Crippen LogP contribution is 2.25. The Balaban J connectivity index is 2.42. The summed E-state index contributed by atoms with van der Waals surface area (Å²) in [5.74, 6) is 0. The van der Waals surface area contributed by atoms with Crippen molar-refractivity contribution in [3.8, 4) is 0 Å². The van der Waals surface area contributed by atoms with Gasteiger partial charge in [0.15, 0.2) is 4.32 Å². The van der Waals surface area contributed by atoms with Crippen LogP contribution in [0.25, 0.3) is 10.9 Å². The summed E-state index contributed by atoms with van der Waals surface area (Å²) >= 11 is 6.88. The first-order valence-corrected chi connectivity index (χ1v) is 6.24. The molecule has 2 nitrogen and oxygen atoms in total. The van der Waals surface area contributed by atoms with Gasteiger partial charge in [0.05, 0.1) is 5.52 Å². The third-order valence-electron chi connectivity index (χ3n) is 2.42. The van der Waals surface area contributed by atoms with E-state index < -0.39 is 0 Å². The first-order valence-electron chi connectivity index (χ1n) is 5.06. The number of benzene rings is 1. The van der Waals surface area contributed by atoms with Crippen molar-refractivity contribution in [1.82, 2.24) is 8.87 Å². The van der Waals surface area contributed by atoms with Gasteiger partial charge in [-0.25, -0.2) is 0 Å². The lowest BCUT2D eigenvalue weighted by molar-refractivity contribution is 0.647. The second kappa shape index (κ2) is 4.47. The monoisotopic (exact) mass is 250 g/mol. The van der Waals surface area contributed by atoms with E-state index in [2.05, 4.69) is 41.4 Å². The average molecular weight is 250 g/mol. The molecule has 0 atom stereocenters. The van der Waals surface area contributed by atoms with Crippen molar-refractivity contribution in [3.05, 3.63) is 36.0 Å². The minimum Gasteiger partial charge on any atom is -0.362 e. The van der Waals surface area contributed by atoms with Gasteiger partial charge in [-0.15, -0.1) is 0 Å². The summed E-state index contributed by atoms with van der Waals surface area (Å²) in [6.07, 6.45) is 2.13. The molecule has 0 aliphatic rings. The highest BCUT2D eigenvalue weighted by atomic mass is 32.2. The lowest BCUT2D eigenvalue weighted by Gasteiger charge is -2.13. The second-order valence-electron chi connectivity index (χ2n) is 3.91. The van der Waals surface area contributed by atoms with E-state index in [0.717, 1.165) is 4.32 Å². The summed E-state index contributed by atoms with van der Waals surface area (Å²) in [6, 6.07) is 8.38. The van der Waals surface area contributed by atoms with E-state index in [9.17, 15) is 0 Å². The maximum absolute atomic E-state index is 5.30. The van der Waals surface area contributed by atoms with E-state index in [4.69, 9.17) is 12.2 Å². The van der Waals surface area contributed by atoms with Gasteiger partial charge in [-0.3, -0.25) is 3.97 Å². The molecule has 0 bridgehead atoms. The van der Waals surface area contributed by atoms with E-state index in [0.29, 0.717) is 0 Å². The van der Waals surface area contributed by atoms with Gasteiger partial charge < -0.3 is 4.90 Å². The Labute approximate surface area is 105 Å². The van der Waals surface area contributed by atoms with Gasteiger partial charge in [0.2, 0.25) is 0 Å². The Hall–Kier alpha value is -1.00. The summed E-state index contributed by atoms with van der Waals surface area (Å²) in [4.78, 5) is 1.95. The molecule has 84 valence electrons. The minimum atomic E-state index is 0.862. The van der Waals surface area contributed by atoms with Gasteiger partial charge in [0, 0.05) is 37.6 Å². The summed E-state index contributed by atoms with van der Waals surface area (Å²) < 4.78 is 2.99. The number of rotatable bonds is 1. The lowest BCUT2D eigenvalue weighted by Crippen LogP contribution is -2.17. The summed E-state index contributed by atoms with van der Waals surface area (Å²) in [7, 11) is 3.93. The van der Waals surface area contributed by atoms with Crippen LogP contribution in [0.15, 0.2) is 30.5 Å². The van der Waals surface area contributed by atoms with Crippen molar-refractivity contribution >= 4 is 39.4 Å². The van der Waals surface area contributed by atoms with Crippen LogP contribution in [-0.2, 0) is 0 Å². The predicted octanol–water partition coefficient (Wildman–Crippen LogP) is 3.29. The van der Waals surface area contributed by atoms with Crippen LogP contribution in [0.5, 0.6) is 0 Å². The van der Waals surface area contributed by atoms with Crippen LogP contribution in [0.4, 0.5) is 0 Å². The van der Waals surface area contributed by atoms with Gasteiger partial charge in [0.1, 0.15) is 0 Å². The summed E-state index contributed by atoms with van der Waals surface area (Å²) in [6.45, 7) is 2.12. The average Bonchev–Trinajstić information content (AvgIpc) is 2.57. The maximum Gasteiger partial charge on any atom is 0.156 e. The summed E-state index contributed by atoms with van der Waals surface area (Å²) in [5, 5.41) is 1.29. The first kappa shape index (κ1) is 11.5. The topological polar surface area (TPSA) is 8.17 Å². The molecule has 1 aromatic heterocycles. The van der Waals surface area contributed by atoms with Crippen molar-refractivity contribution in [1.29, 1.82) is 0 Å². The molecule has 0 saturated carbocycles. The maximum atomic E-state index is 5.30. The number of aryl methyl sites for hydroxylation is 1. The van der Waals surface area contributed by atoms with E-state index in [1.165, 1.54) is 16.5 Å². The number of fused-ring (bicyclic) bond motifs is 1. The van der Waals surface area contributed by atoms with E-state index in [1.54, 1.807) is 11.9 Å². The van der Waals surface area contributed by atoms with Gasteiger partial charge in [0.25, 0.3) is 0 Å². The standard InChI is InChI=1S/C12H14N2S2/c1-9-8-14(16-12(15)13(2)3)11-7-5-4-6-10(9)11/h4-8H,1-3H3. The number of hydrogen-bond acceptors (Lipinski definition) is 2. The van der Waals surface area contributed by atoms with Crippen LogP contribution in [0.3, 0.4) is 0 Å². The Morgan fingerprint density at radius 3 is 2.69 bits per heavy atom. The molecule has 2 rings (SSSR count). The zero-order valence-corrected chi connectivity index (χ0v) is 11.2. The third-order valence-corrected chi connectivity index (χ3v) is 4.03. The van der Waals surface area contributed by atoms with Crippen molar-refractivity contribution in [2.75, 3.05) is 14.1 Å². The Kier molecular flexibility index (Phi) is 3.21. The van der Waals surface area contributed by atoms with Gasteiger partial charge in [-0.2, -0.15) is 0 Å². The van der Waals surface area contributed by atoms with Crippen LogP contribution in [-0.4, -0.2) is 27.3 Å². The van der Waals surface area contributed by atoms with E-state index in [1.807, 2.05) is 19.0 Å². The van der Waals surface area contributed by atoms with Gasteiger partial charge in [-0.05, 0) is 18.6 Å². The van der Waals surface area contributed by atoms with Crippen LogP contribution in [0, 0.1) is 6.92 Å². The number of aromatic nitrogens is 1. The molecule has 2 aromatic rings. The zero-order chi connectivity index (χ0) is 11.7. The minimum absolute atomic E-state index is 0.862. The molecule has 0 radical (unpaired) electrons. The van der Waals surface area contributed by atoms with Crippen LogP contribution in [0.2, 0.25) is 0 Å². The quantitative estimate of drug-likeness (QED) is 0.718. The molecule has 0 fully saturated rings. The molecule has 0 N–H and O–H groups in total. The molecule has 0 spiro atoms. The molecule has 0 aliphatic carbocycles. The lowest BCUT2D eigenvalue weighted by atomic mass is 10.2. The highest BCUT2D eigenvalue weighted by molar-refractivity contribution is 8.22. The molecule has 0 saturated heterocycles. The second-order valence-corrected chi connectivity index (χ2v) is 5.51. The van der Waals surface area contributed by atoms with Crippen molar-refractivity contribution in [2.45, 2.75) is 6.92 Å². The predicted molar refractivity (Wildman–Crippen MR) is 75.9 cm³/mol. The van der Waals surface area contributed by atoms with Crippen LogP contribution < -0.4 is 0 Å². The first-order chi connectivity index (χ1) is 7.59. The largest absolute Gasteiger partial charge is 0.362 e. The van der Waals surface area contributed by atoms with Crippen molar-refractivity contribution in [2.24, 2.45) is 0 Å². The summed E-state index contributed by atoms with van der Waals surface area (Å²) in [5.41, 5.74) is 2.50. The molecule has 0 unspecified atom stereocenters. The molecule has 16 heavy (non-hydrogen) atoms. The fraction of sp³-hybridized carbons (Fsp3) is 0.250. The Morgan fingerprint density at radius 1 is 1.31 bits per heavy atom. The fourth-order valence-electron chi connectivity index (χ4n) is 1.56. The highest BCUT2D eigenvalue weighted by Gasteiger charge is 2.08. The van der Waals surface area contributed by atoms with E-state index >= 15 is 0 Å². The van der Waals surface area contributed by atoms with Crippen molar-refractivity contribution < 1.29 is 0 Å². The number of hydrogen-bond donors (Lipinski definition) is 0. The number of thiocarbonyl (C=S) groups is 1. The molecular weight excluding hydrogens is 236 g/mol. The third kappa shape index (κ3) is 2.08.